The first kappa shape index (κ1) is 15.1. The minimum atomic E-state index is 0.0562. The van der Waals surface area contributed by atoms with E-state index in [2.05, 4.69) is 15.3 Å². The van der Waals surface area contributed by atoms with E-state index in [1.807, 2.05) is 13.0 Å². The fourth-order valence-electron chi connectivity index (χ4n) is 1.95. The Labute approximate surface area is 123 Å². The van der Waals surface area contributed by atoms with Gasteiger partial charge in [-0.15, -0.1) is 0 Å². The van der Waals surface area contributed by atoms with Gasteiger partial charge in [0.15, 0.2) is 17.3 Å². The molecule has 2 aromatic rings. The molecular weight excluding hydrogens is 270 g/mol. The first-order valence-corrected chi connectivity index (χ1v) is 6.66. The third-order valence-corrected chi connectivity index (χ3v) is 2.87. The summed E-state index contributed by atoms with van der Waals surface area (Å²) in [6, 6.07) is 6.92. The van der Waals surface area contributed by atoms with Crippen LogP contribution in [0, 0.1) is 0 Å². The zero-order valence-corrected chi connectivity index (χ0v) is 12.4. The third-order valence-electron chi connectivity index (χ3n) is 2.87. The van der Waals surface area contributed by atoms with Gasteiger partial charge < -0.3 is 19.9 Å². The predicted octanol–water partition coefficient (Wildman–Crippen LogP) is 2.44. The van der Waals surface area contributed by atoms with Crippen LogP contribution in [-0.2, 0) is 11.3 Å². The summed E-state index contributed by atoms with van der Waals surface area (Å²) in [5, 5.41) is 13.0. The minimum absolute atomic E-state index is 0.0562. The smallest absolute Gasteiger partial charge is 0.161 e. The van der Waals surface area contributed by atoms with Crippen molar-refractivity contribution in [3.05, 3.63) is 30.0 Å². The first-order chi connectivity index (χ1) is 10.2. The number of methoxy groups -OCH3 is 2. The van der Waals surface area contributed by atoms with Crippen molar-refractivity contribution >= 4 is 5.82 Å². The molecule has 0 aliphatic rings. The van der Waals surface area contributed by atoms with Gasteiger partial charge in [-0.1, -0.05) is 0 Å². The van der Waals surface area contributed by atoms with E-state index in [0.717, 1.165) is 18.1 Å². The molecule has 0 fully saturated rings. The van der Waals surface area contributed by atoms with E-state index in [1.54, 1.807) is 25.3 Å². The fraction of sp³-hybridized carbons (Fsp3) is 0.333. The van der Waals surface area contributed by atoms with Crippen LogP contribution >= 0.6 is 0 Å². The van der Waals surface area contributed by atoms with Crippen LogP contribution < -0.4 is 10.1 Å². The number of hydrogen-bond donors (Lipinski definition) is 2. The highest BCUT2D eigenvalue weighted by atomic mass is 16.5. The molecule has 112 valence electrons. The summed E-state index contributed by atoms with van der Waals surface area (Å²) >= 11 is 0. The lowest BCUT2D eigenvalue weighted by atomic mass is 10.2. The molecule has 0 bridgehead atoms. The van der Waals surface area contributed by atoms with Crippen LogP contribution in [-0.4, -0.2) is 35.8 Å². The highest BCUT2D eigenvalue weighted by molar-refractivity contribution is 5.62. The fourth-order valence-corrected chi connectivity index (χ4v) is 1.95. The van der Waals surface area contributed by atoms with Gasteiger partial charge in [0.25, 0.3) is 0 Å². The number of aromatic nitrogens is 2. The van der Waals surface area contributed by atoms with E-state index in [0.29, 0.717) is 23.7 Å². The molecule has 0 unspecified atom stereocenters. The van der Waals surface area contributed by atoms with Gasteiger partial charge in [0.2, 0.25) is 0 Å². The maximum Gasteiger partial charge on any atom is 0.161 e. The SMILES string of the molecule is CCNc1cc(COC)nc(-c2ccc(OC)c(O)c2)n1. The van der Waals surface area contributed by atoms with Crippen LogP contribution in [0.4, 0.5) is 5.82 Å². The number of nitrogens with zero attached hydrogens (tertiary/aromatic N) is 2. The quantitative estimate of drug-likeness (QED) is 0.850. The molecule has 21 heavy (non-hydrogen) atoms. The van der Waals surface area contributed by atoms with E-state index in [4.69, 9.17) is 9.47 Å². The number of hydrogen-bond acceptors (Lipinski definition) is 6. The number of ether oxygens (including phenoxy) is 2. The van der Waals surface area contributed by atoms with Crippen LogP contribution in [0.25, 0.3) is 11.4 Å². The normalized spacial score (nSPS) is 10.4. The van der Waals surface area contributed by atoms with Gasteiger partial charge in [-0.25, -0.2) is 9.97 Å². The van der Waals surface area contributed by atoms with Gasteiger partial charge in [-0.3, -0.25) is 0 Å². The third kappa shape index (κ3) is 3.61. The molecule has 0 aliphatic heterocycles. The highest BCUT2D eigenvalue weighted by Crippen LogP contribution is 2.30. The number of rotatable bonds is 6. The summed E-state index contributed by atoms with van der Waals surface area (Å²) < 4.78 is 10.2. The largest absolute Gasteiger partial charge is 0.504 e. The number of nitrogens with one attached hydrogen (secondary N) is 1. The number of anilines is 1. The van der Waals surface area contributed by atoms with E-state index < -0.39 is 0 Å². The number of phenolic OH excluding ortho intramolecular Hbond substituents is 1. The van der Waals surface area contributed by atoms with Gasteiger partial charge in [0, 0.05) is 25.3 Å². The van der Waals surface area contributed by atoms with Gasteiger partial charge in [0.1, 0.15) is 5.82 Å². The number of aromatic hydroxyl groups is 1. The molecule has 1 heterocycles. The molecule has 0 saturated carbocycles. The summed E-state index contributed by atoms with van der Waals surface area (Å²) in [6.45, 7) is 3.16. The first-order valence-electron chi connectivity index (χ1n) is 6.66. The Bertz CT molecular complexity index is 593. The van der Waals surface area contributed by atoms with Crippen LogP contribution in [0.5, 0.6) is 11.5 Å². The van der Waals surface area contributed by atoms with Crippen LogP contribution in [0.2, 0.25) is 0 Å². The van der Waals surface area contributed by atoms with Crippen molar-refractivity contribution in [2.45, 2.75) is 13.5 Å². The Morgan fingerprint density at radius 2 is 2.00 bits per heavy atom. The van der Waals surface area contributed by atoms with E-state index in [-0.39, 0.29) is 5.75 Å². The highest BCUT2D eigenvalue weighted by Gasteiger charge is 2.10. The zero-order valence-electron chi connectivity index (χ0n) is 12.4. The molecule has 1 aromatic carbocycles. The Morgan fingerprint density at radius 3 is 2.62 bits per heavy atom. The molecule has 0 aliphatic carbocycles. The molecule has 6 nitrogen and oxygen atoms in total. The lowest BCUT2D eigenvalue weighted by Gasteiger charge is -2.10. The lowest BCUT2D eigenvalue weighted by molar-refractivity contribution is 0.181. The topological polar surface area (TPSA) is 76.5 Å². The van der Waals surface area contributed by atoms with Crippen molar-refractivity contribution in [2.24, 2.45) is 0 Å². The Hall–Kier alpha value is -2.34. The second kappa shape index (κ2) is 6.90. The number of benzene rings is 1. The second-order valence-electron chi connectivity index (χ2n) is 4.42. The van der Waals surface area contributed by atoms with Crippen LogP contribution in [0.3, 0.4) is 0 Å². The van der Waals surface area contributed by atoms with E-state index >= 15 is 0 Å². The van der Waals surface area contributed by atoms with Gasteiger partial charge in [-0.05, 0) is 25.1 Å². The lowest BCUT2D eigenvalue weighted by Crippen LogP contribution is -2.04. The van der Waals surface area contributed by atoms with Crippen LogP contribution in [0.1, 0.15) is 12.6 Å². The zero-order chi connectivity index (χ0) is 15.2. The maximum absolute atomic E-state index is 9.88. The standard InChI is InChI=1S/C15H19N3O3/c1-4-16-14-8-11(9-20-2)17-15(18-14)10-5-6-13(21-3)12(19)7-10/h5-8,19H,4,9H2,1-3H3,(H,16,17,18). The molecule has 0 saturated heterocycles. The molecule has 2 N–H and O–H groups in total. The summed E-state index contributed by atoms with van der Waals surface area (Å²) in [4.78, 5) is 8.89. The summed E-state index contributed by atoms with van der Waals surface area (Å²) in [7, 11) is 3.13. The molecule has 0 amide bonds. The van der Waals surface area contributed by atoms with Crippen molar-refractivity contribution in [1.82, 2.24) is 9.97 Å². The minimum Gasteiger partial charge on any atom is -0.504 e. The predicted molar refractivity (Wildman–Crippen MR) is 80.6 cm³/mol. The van der Waals surface area contributed by atoms with Crippen molar-refractivity contribution in [2.75, 3.05) is 26.1 Å². The second-order valence-corrected chi connectivity index (χ2v) is 4.42. The van der Waals surface area contributed by atoms with E-state index in [1.165, 1.54) is 7.11 Å². The van der Waals surface area contributed by atoms with Crippen molar-refractivity contribution in [3.8, 4) is 22.9 Å². The number of phenols is 1. The van der Waals surface area contributed by atoms with Gasteiger partial charge in [0.05, 0.1) is 19.4 Å². The summed E-state index contributed by atoms with van der Waals surface area (Å²) in [5.41, 5.74) is 1.49. The Morgan fingerprint density at radius 1 is 1.19 bits per heavy atom. The van der Waals surface area contributed by atoms with Gasteiger partial charge in [-0.2, -0.15) is 0 Å². The summed E-state index contributed by atoms with van der Waals surface area (Å²) in [5.74, 6) is 1.72. The Balaban J connectivity index is 2.43. The van der Waals surface area contributed by atoms with Crippen molar-refractivity contribution < 1.29 is 14.6 Å². The Kier molecular flexibility index (Phi) is 4.94. The summed E-state index contributed by atoms with van der Waals surface area (Å²) in [6.07, 6.45) is 0. The molecule has 0 atom stereocenters. The van der Waals surface area contributed by atoms with Gasteiger partial charge >= 0.3 is 0 Å². The molecule has 0 spiro atoms. The maximum atomic E-state index is 9.88. The van der Waals surface area contributed by atoms with Crippen LogP contribution in [0.15, 0.2) is 24.3 Å². The average Bonchev–Trinajstić information content (AvgIpc) is 2.47. The monoisotopic (exact) mass is 289 g/mol. The van der Waals surface area contributed by atoms with E-state index in [9.17, 15) is 5.11 Å². The van der Waals surface area contributed by atoms with Crippen molar-refractivity contribution in [3.63, 3.8) is 0 Å². The average molecular weight is 289 g/mol. The molecule has 0 radical (unpaired) electrons. The molecular formula is C15H19N3O3. The molecule has 1 aromatic heterocycles. The molecule has 6 heteroatoms. The molecule has 2 rings (SSSR count). The van der Waals surface area contributed by atoms with Crippen molar-refractivity contribution in [1.29, 1.82) is 0 Å².